The Morgan fingerprint density at radius 1 is 1.03 bits per heavy atom. The molecule has 2 aromatic carbocycles. The van der Waals surface area contributed by atoms with Gasteiger partial charge in [-0.15, -0.1) is 21.5 Å². The SMILES string of the molecule is CCC(CC)NC(=O)CSc1nnc(CSc2nc3ccccc3s2)n1-c1ccccc1. The highest BCUT2D eigenvalue weighted by molar-refractivity contribution is 8.00. The minimum atomic E-state index is 0.0247. The standard InChI is InChI=1S/C23H25N5OS3/c1-3-16(4-2)24-21(29)15-30-22-27-26-20(28(22)17-10-6-5-7-11-17)14-31-23-25-18-12-8-9-13-19(18)32-23/h5-13,16H,3-4,14-15H2,1-2H3,(H,24,29). The van der Waals surface area contributed by atoms with Crippen molar-refractivity contribution in [3.63, 3.8) is 0 Å². The maximum Gasteiger partial charge on any atom is 0.230 e. The van der Waals surface area contributed by atoms with E-state index in [0.29, 0.717) is 11.5 Å². The first kappa shape index (κ1) is 22.8. The van der Waals surface area contributed by atoms with Crippen molar-refractivity contribution in [3.05, 3.63) is 60.4 Å². The van der Waals surface area contributed by atoms with E-state index in [4.69, 9.17) is 4.98 Å². The van der Waals surface area contributed by atoms with Crippen LogP contribution in [-0.4, -0.2) is 37.5 Å². The summed E-state index contributed by atoms with van der Waals surface area (Å²) < 4.78 is 4.22. The van der Waals surface area contributed by atoms with Crippen LogP contribution < -0.4 is 5.32 Å². The molecule has 1 N–H and O–H groups in total. The quantitative estimate of drug-likeness (QED) is 0.298. The fraction of sp³-hybridized carbons (Fsp3) is 0.304. The number of hydrogen-bond acceptors (Lipinski definition) is 7. The third-order valence-electron chi connectivity index (χ3n) is 5.00. The minimum absolute atomic E-state index is 0.0247. The summed E-state index contributed by atoms with van der Waals surface area (Å²) in [5, 5.41) is 12.7. The van der Waals surface area contributed by atoms with Crippen molar-refractivity contribution in [2.24, 2.45) is 0 Å². The number of nitrogens with one attached hydrogen (secondary N) is 1. The molecular weight excluding hydrogens is 458 g/mol. The van der Waals surface area contributed by atoms with Crippen molar-refractivity contribution < 1.29 is 4.79 Å². The first-order chi connectivity index (χ1) is 15.7. The van der Waals surface area contributed by atoms with Gasteiger partial charge in [-0.3, -0.25) is 9.36 Å². The molecule has 4 rings (SSSR count). The van der Waals surface area contributed by atoms with E-state index in [1.54, 1.807) is 23.1 Å². The normalized spacial score (nSPS) is 11.3. The molecule has 0 radical (unpaired) electrons. The number of nitrogens with zero attached hydrogens (tertiary/aromatic N) is 4. The molecule has 166 valence electrons. The fourth-order valence-corrected chi connectivity index (χ4v) is 6.02. The molecule has 0 bridgehead atoms. The van der Waals surface area contributed by atoms with Crippen LogP contribution in [0.5, 0.6) is 0 Å². The van der Waals surface area contributed by atoms with Crippen LogP contribution in [0.1, 0.15) is 32.5 Å². The lowest BCUT2D eigenvalue weighted by Gasteiger charge is -2.14. The number of hydrogen-bond donors (Lipinski definition) is 1. The Morgan fingerprint density at radius 3 is 2.53 bits per heavy atom. The fourth-order valence-electron chi connectivity index (χ4n) is 3.26. The van der Waals surface area contributed by atoms with Gasteiger partial charge >= 0.3 is 0 Å². The summed E-state index contributed by atoms with van der Waals surface area (Å²) in [6.45, 7) is 4.17. The van der Waals surface area contributed by atoms with Crippen LogP contribution in [0.2, 0.25) is 0 Å². The molecule has 6 nitrogen and oxygen atoms in total. The Bertz CT molecular complexity index is 1140. The van der Waals surface area contributed by atoms with Crippen LogP contribution in [0.4, 0.5) is 0 Å². The van der Waals surface area contributed by atoms with Gasteiger partial charge in [0, 0.05) is 11.7 Å². The Hall–Kier alpha value is -2.36. The van der Waals surface area contributed by atoms with Crippen molar-refractivity contribution in [2.75, 3.05) is 5.75 Å². The maximum absolute atomic E-state index is 12.4. The van der Waals surface area contributed by atoms with Crippen molar-refractivity contribution in [3.8, 4) is 5.69 Å². The van der Waals surface area contributed by atoms with E-state index in [1.807, 2.05) is 53.1 Å². The third-order valence-corrected chi connectivity index (χ3v) is 8.10. The predicted octanol–water partition coefficient (Wildman–Crippen LogP) is 5.57. The van der Waals surface area contributed by atoms with E-state index in [-0.39, 0.29) is 11.9 Å². The monoisotopic (exact) mass is 483 g/mol. The summed E-state index contributed by atoms with van der Waals surface area (Å²) in [6, 6.07) is 18.4. The smallest absolute Gasteiger partial charge is 0.230 e. The van der Waals surface area contributed by atoms with Crippen LogP contribution in [0.15, 0.2) is 64.1 Å². The number of aromatic nitrogens is 4. The van der Waals surface area contributed by atoms with Gasteiger partial charge < -0.3 is 5.32 Å². The Morgan fingerprint density at radius 2 is 1.78 bits per heavy atom. The van der Waals surface area contributed by atoms with Crippen LogP contribution in [0, 0.1) is 0 Å². The molecule has 0 spiro atoms. The highest BCUT2D eigenvalue weighted by Crippen LogP contribution is 2.32. The van der Waals surface area contributed by atoms with Crippen LogP contribution >= 0.6 is 34.9 Å². The number of benzene rings is 2. The summed E-state index contributed by atoms with van der Waals surface area (Å²) >= 11 is 4.76. The minimum Gasteiger partial charge on any atom is -0.353 e. The lowest BCUT2D eigenvalue weighted by atomic mass is 10.2. The summed E-state index contributed by atoms with van der Waals surface area (Å²) in [7, 11) is 0. The number of fused-ring (bicyclic) bond motifs is 1. The number of para-hydroxylation sites is 2. The number of carbonyl (C=O) groups excluding carboxylic acids is 1. The molecule has 0 atom stereocenters. The molecule has 0 unspecified atom stereocenters. The second-order valence-electron chi connectivity index (χ2n) is 7.18. The van der Waals surface area contributed by atoms with Gasteiger partial charge in [-0.25, -0.2) is 4.98 Å². The van der Waals surface area contributed by atoms with E-state index < -0.39 is 0 Å². The summed E-state index contributed by atoms with van der Waals surface area (Å²) in [4.78, 5) is 17.1. The zero-order valence-electron chi connectivity index (χ0n) is 18.0. The van der Waals surface area contributed by atoms with E-state index in [1.165, 1.54) is 16.5 Å². The predicted molar refractivity (Wildman–Crippen MR) is 134 cm³/mol. The molecule has 0 saturated heterocycles. The van der Waals surface area contributed by atoms with E-state index in [0.717, 1.165) is 39.4 Å². The molecule has 0 fully saturated rings. The Kier molecular flexibility index (Phi) is 7.83. The van der Waals surface area contributed by atoms with Gasteiger partial charge in [-0.05, 0) is 37.1 Å². The molecule has 1 amide bonds. The van der Waals surface area contributed by atoms with Crippen molar-refractivity contribution in [1.82, 2.24) is 25.1 Å². The van der Waals surface area contributed by atoms with Gasteiger partial charge in [-0.2, -0.15) is 0 Å². The number of thiazole rings is 1. The van der Waals surface area contributed by atoms with E-state index in [2.05, 4.69) is 35.4 Å². The molecule has 0 aliphatic carbocycles. The number of carbonyl (C=O) groups is 1. The highest BCUT2D eigenvalue weighted by Gasteiger charge is 2.17. The van der Waals surface area contributed by atoms with Crippen LogP contribution in [-0.2, 0) is 10.5 Å². The van der Waals surface area contributed by atoms with E-state index in [9.17, 15) is 4.79 Å². The van der Waals surface area contributed by atoms with Crippen LogP contribution in [0.25, 0.3) is 15.9 Å². The van der Waals surface area contributed by atoms with Gasteiger partial charge in [-0.1, -0.05) is 67.7 Å². The highest BCUT2D eigenvalue weighted by atomic mass is 32.2. The molecule has 2 aromatic heterocycles. The molecule has 0 saturated carbocycles. The topological polar surface area (TPSA) is 72.7 Å². The van der Waals surface area contributed by atoms with Crippen LogP contribution in [0.3, 0.4) is 0 Å². The van der Waals surface area contributed by atoms with Gasteiger partial charge in [0.15, 0.2) is 9.50 Å². The zero-order chi connectivity index (χ0) is 22.3. The number of rotatable bonds is 10. The van der Waals surface area contributed by atoms with Crippen molar-refractivity contribution >= 4 is 51.0 Å². The zero-order valence-corrected chi connectivity index (χ0v) is 20.5. The average molecular weight is 484 g/mol. The summed E-state index contributed by atoms with van der Waals surface area (Å²) in [5.41, 5.74) is 2.00. The molecule has 0 aliphatic rings. The Balaban J connectivity index is 1.51. The number of thioether (sulfide) groups is 2. The molecule has 0 aliphatic heterocycles. The first-order valence-electron chi connectivity index (χ1n) is 10.6. The van der Waals surface area contributed by atoms with Gasteiger partial charge in [0.25, 0.3) is 0 Å². The molecule has 4 aromatic rings. The third kappa shape index (κ3) is 5.51. The van der Waals surface area contributed by atoms with E-state index >= 15 is 0 Å². The molecular formula is C23H25N5OS3. The lowest BCUT2D eigenvalue weighted by molar-refractivity contribution is -0.119. The molecule has 32 heavy (non-hydrogen) atoms. The Labute approximate surface area is 200 Å². The van der Waals surface area contributed by atoms with Gasteiger partial charge in [0.2, 0.25) is 5.91 Å². The summed E-state index contributed by atoms with van der Waals surface area (Å²) in [6.07, 6.45) is 1.86. The second kappa shape index (κ2) is 11.0. The van der Waals surface area contributed by atoms with Crippen molar-refractivity contribution in [1.29, 1.82) is 0 Å². The van der Waals surface area contributed by atoms with Gasteiger partial charge in [0.05, 0.1) is 21.7 Å². The molecule has 9 heteroatoms. The lowest BCUT2D eigenvalue weighted by Crippen LogP contribution is -2.35. The first-order valence-corrected chi connectivity index (χ1v) is 13.4. The van der Waals surface area contributed by atoms with Gasteiger partial charge in [0.1, 0.15) is 5.82 Å². The summed E-state index contributed by atoms with van der Waals surface area (Å²) in [5.74, 6) is 1.81. The number of amides is 1. The second-order valence-corrected chi connectivity index (χ2v) is 10.4. The average Bonchev–Trinajstić information content (AvgIpc) is 3.43. The molecule has 2 heterocycles. The van der Waals surface area contributed by atoms with Crippen molar-refractivity contribution in [2.45, 2.75) is 48.0 Å². The largest absolute Gasteiger partial charge is 0.353 e. The maximum atomic E-state index is 12.4.